The van der Waals surface area contributed by atoms with E-state index in [1.54, 1.807) is 13.3 Å². The van der Waals surface area contributed by atoms with E-state index in [1.807, 2.05) is 19.1 Å². The molecule has 0 bridgehead atoms. The monoisotopic (exact) mass is 266 g/mol. The van der Waals surface area contributed by atoms with Crippen LogP contribution in [0.5, 0.6) is 5.75 Å². The van der Waals surface area contributed by atoms with Gasteiger partial charge in [0.25, 0.3) is 0 Å². The van der Waals surface area contributed by atoms with Crippen LogP contribution in [0.4, 0.5) is 0 Å². The summed E-state index contributed by atoms with van der Waals surface area (Å²) in [7, 11) is 1.66. The molecule has 0 unspecified atom stereocenters. The lowest BCUT2D eigenvalue weighted by atomic mass is 9.97. The fourth-order valence-electron chi connectivity index (χ4n) is 2.19. The predicted octanol–water partition coefficient (Wildman–Crippen LogP) is 4.06. The van der Waals surface area contributed by atoms with Crippen molar-refractivity contribution in [1.82, 2.24) is 4.98 Å². The van der Waals surface area contributed by atoms with Gasteiger partial charge in [-0.15, -0.1) is 0 Å². The maximum Gasteiger partial charge on any atom is 0.128 e. The molecule has 0 fully saturated rings. The van der Waals surface area contributed by atoms with Gasteiger partial charge in [-0.05, 0) is 42.2 Å². The Balaban J connectivity index is 2.61. The van der Waals surface area contributed by atoms with Crippen LogP contribution in [-0.2, 0) is 0 Å². The predicted molar refractivity (Wildman–Crippen MR) is 79.8 cm³/mol. The summed E-state index contributed by atoms with van der Waals surface area (Å²) in [6.07, 6.45) is 1.60. The number of rotatable bonds is 3. The number of nitriles is 1. The molecule has 2 aromatic rings. The zero-order valence-electron chi connectivity index (χ0n) is 12.3. The molecule has 0 aliphatic rings. The van der Waals surface area contributed by atoms with E-state index in [0.717, 1.165) is 22.6 Å². The van der Waals surface area contributed by atoms with Crippen molar-refractivity contribution in [2.75, 3.05) is 7.11 Å². The summed E-state index contributed by atoms with van der Waals surface area (Å²) in [5, 5.41) is 8.93. The van der Waals surface area contributed by atoms with Gasteiger partial charge < -0.3 is 4.74 Å². The molecule has 0 saturated heterocycles. The third-order valence-corrected chi connectivity index (χ3v) is 3.35. The lowest BCUT2D eigenvalue weighted by Crippen LogP contribution is -1.96. The van der Waals surface area contributed by atoms with Crippen molar-refractivity contribution < 1.29 is 4.74 Å². The van der Waals surface area contributed by atoms with Gasteiger partial charge in [0.15, 0.2) is 0 Å². The minimum atomic E-state index is 0.443. The number of benzene rings is 1. The van der Waals surface area contributed by atoms with E-state index in [4.69, 9.17) is 10.00 Å². The van der Waals surface area contributed by atoms with Gasteiger partial charge in [-0.25, -0.2) is 0 Å². The van der Waals surface area contributed by atoms with Gasteiger partial charge in [-0.3, -0.25) is 4.98 Å². The van der Waals surface area contributed by atoms with Crippen LogP contribution in [0.1, 0.15) is 36.5 Å². The highest BCUT2D eigenvalue weighted by Crippen LogP contribution is 2.33. The lowest BCUT2D eigenvalue weighted by Gasteiger charge is -2.14. The molecule has 1 aromatic heterocycles. The molecule has 102 valence electrons. The third kappa shape index (κ3) is 2.65. The number of methoxy groups -OCH3 is 1. The van der Waals surface area contributed by atoms with Crippen LogP contribution in [0, 0.1) is 18.3 Å². The topological polar surface area (TPSA) is 45.9 Å². The molecule has 0 saturated carbocycles. The van der Waals surface area contributed by atoms with Crippen LogP contribution in [0.15, 0.2) is 30.5 Å². The molecule has 2 rings (SSSR count). The Kier molecular flexibility index (Phi) is 4.05. The summed E-state index contributed by atoms with van der Waals surface area (Å²) in [6, 6.07) is 10.1. The molecule has 20 heavy (non-hydrogen) atoms. The van der Waals surface area contributed by atoms with E-state index in [2.05, 4.69) is 37.0 Å². The van der Waals surface area contributed by atoms with Crippen molar-refractivity contribution in [3.8, 4) is 23.1 Å². The summed E-state index contributed by atoms with van der Waals surface area (Å²) < 4.78 is 5.44. The molecule has 0 radical (unpaired) electrons. The lowest BCUT2D eigenvalue weighted by molar-refractivity contribution is 0.416. The second-order valence-corrected chi connectivity index (χ2v) is 5.12. The number of pyridine rings is 1. The van der Waals surface area contributed by atoms with Crippen LogP contribution in [0.25, 0.3) is 11.3 Å². The summed E-state index contributed by atoms with van der Waals surface area (Å²) in [5.41, 5.74) is 4.63. The van der Waals surface area contributed by atoms with Gasteiger partial charge in [0.1, 0.15) is 11.8 Å². The van der Waals surface area contributed by atoms with Crippen molar-refractivity contribution in [3.05, 3.63) is 47.2 Å². The SMILES string of the molecule is COc1ccc(C(C)C)cc1-c1ncc(C#N)cc1C. The van der Waals surface area contributed by atoms with Crippen molar-refractivity contribution in [3.63, 3.8) is 0 Å². The molecule has 0 amide bonds. The minimum Gasteiger partial charge on any atom is -0.496 e. The molecule has 0 N–H and O–H groups in total. The normalized spacial score (nSPS) is 10.4. The molecule has 1 heterocycles. The molecule has 1 aromatic carbocycles. The second kappa shape index (κ2) is 5.75. The Hall–Kier alpha value is -2.34. The van der Waals surface area contributed by atoms with Gasteiger partial charge in [0.2, 0.25) is 0 Å². The fraction of sp³-hybridized carbons (Fsp3) is 0.294. The maximum atomic E-state index is 8.93. The number of nitrogens with zero attached hydrogens (tertiary/aromatic N) is 2. The number of ether oxygens (including phenoxy) is 1. The Morgan fingerprint density at radius 1 is 1.25 bits per heavy atom. The Labute approximate surface area is 119 Å². The van der Waals surface area contributed by atoms with E-state index in [-0.39, 0.29) is 0 Å². The Morgan fingerprint density at radius 2 is 2.00 bits per heavy atom. The molecule has 3 nitrogen and oxygen atoms in total. The fourth-order valence-corrected chi connectivity index (χ4v) is 2.19. The molecule has 0 aliphatic carbocycles. The molecule has 0 spiro atoms. The number of hydrogen-bond acceptors (Lipinski definition) is 3. The Bertz CT molecular complexity index is 669. The average molecular weight is 266 g/mol. The second-order valence-electron chi connectivity index (χ2n) is 5.12. The highest BCUT2D eigenvalue weighted by Gasteiger charge is 2.12. The van der Waals surface area contributed by atoms with E-state index in [1.165, 1.54) is 5.56 Å². The van der Waals surface area contributed by atoms with Gasteiger partial charge in [-0.1, -0.05) is 19.9 Å². The zero-order valence-corrected chi connectivity index (χ0v) is 12.3. The van der Waals surface area contributed by atoms with E-state index < -0.39 is 0 Å². The summed E-state index contributed by atoms with van der Waals surface area (Å²) >= 11 is 0. The van der Waals surface area contributed by atoms with Gasteiger partial charge in [0.05, 0.1) is 18.4 Å². The van der Waals surface area contributed by atoms with E-state index in [9.17, 15) is 0 Å². The van der Waals surface area contributed by atoms with Gasteiger partial charge in [-0.2, -0.15) is 5.26 Å². The van der Waals surface area contributed by atoms with Crippen molar-refractivity contribution in [2.45, 2.75) is 26.7 Å². The first-order chi connectivity index (χ1) is 9.56. The largest absolute Gasteiger partial charge is 0.496 e. The standard InChI is InChI=1S/C17H18N2O/c1-11(2)14-5-6-16(20-4)15(8-14)17-12(3)7-13(9-18)10-19-17/h5-8,10-11H,1-4H3. The van der Waals surface area contributed by atoms with Crippen molar-refractivity contribution in [1.29, 1.82) is 5.26 Å². The van der Waals surface area contributed by atoms with Crippen LogP contribution < -0.4 is 4.74 Å². The first-order valence-corrected chi connectivity index (χ1v) is 6.62. The quantitative estimate of drug-likeness (QED) is 0.841. The van der Waals surface area contributed by atoms with Crippen molar-refractivity contribution >= 4 is 0 Å². The molecular weight excluding hydrogens is 248 g/mol. The summed E-state index contributed by atoms with van der Waals surface area (Å²) in [4.78, 5) is 4.43. The van der Waals surface area contributed by atoms with E-state index in [0.29, 0.717) is 11.5 Å². The first-order valence-electron chi connectivity index (χ1n) is 6.62. The van der Waals surface area contributed by atoms with Crippen molar-refractivity contribution in [2.24, 2.45) is 0 Å². The number of aromatic nitrogens is 1. The average Bonchev–Trinajstić information content (AvgIpc) is 2.46. The van der Waals surface area contributed by atoms with E-state index >= 15 is 0 Å². The Morgan fingerprint density at radius 3 is 2.55 bits per heavy atom. The molecular formula is C17H18N2O. The number of aryl methyl sites for hydroxylation is 1. The summed E-state index contributed by atoms with van der Waals surface area (Å²) in [5.74, 6) is 1.24. The van der Waals surface area contributed by atoms with Crippen LogP contribution in [0.3, 0.4) is 0 Å². The third-order valence-electron chi connectivity index (χ3n) is 3.35. The first kappa shape index (κ1) is 14.1. The molecule has 0 atom stereocenters. The van der Waals surface area contributed by atoms with Crippen LogP contribution in [0.2, 0.25) is 0 Å². The van der Waals surface area contributed by atoms with Crippen LogP contribution >= 0.6 is 0 Å². The maximum absolute atomic E-state index is 8.93. The zero-order chi connectivity index (χ0) is 14.7. The summed E-state index contributed by atoms with van der Waals surface area (Å²) in [6.45, 7) is 6.28. The van der Waals surface area contributed by atoms with Crippen LogP contribution in [-0.4, -0.2) is 12.1 Å². The number of hydrogen-bond donors (Lipinski definition) is 0. The highest BCUT2D eigenvalue weighted by molar-refractivity contribution is 5.71. The smallest absolute Gasteiger partial charge is 0.128 e. The van der Waals surface area contributed by atoms with Gasteiger partial charge in [0, 0.05) is 11.8 Å². The minimum absolute atomic E-state index is 0.443. The molecule has 3 heteroatoms. The van der Waals surface area contributed by atoms with Gasteiger partial charge >= 0.3 is 0 Å². The highest BCUT2D eigenvalue weighted by atomic mass is 16.5. The molecule has 0 aliphatic heterocycles.